The van der Waals surface area contributed by atoms with E-state index in [1.165, 1.54) is 30.2 Å². The summed E-state index contributed by atoms with van der Waals surface area (Å²) in [5.74, 6) is -0.917. The smallest absolute Gasteiger partial charge is 0.290 e. The van der Waals surface area contributed by atoms with Crippen LogP contribution >= 0.6 is 0 Å². The van der Waals surface area contributed by atoms with Gasteiger partial charge in [-0.25, -0.2) is 4.39 Å². The molecule has 1 atom stereocenters. The van der Waals surface area contributed by atoms with Crippen molar-refractivity contribution in [2.75, 3.05) is 27.4 Å². The molecule has 1 aromatic heterocycles. The van der Waals surface area contributed by atoms with Gasteiger partial charge in [0, 0.05) is 20.3 Å². The molecule has 1 aliphatic rings. The molecule has 0 aliphatic carbocycles. The largest absolute Gasteiger partial charge is 0.504 e. The number of hydrogen-bond acceptors (Lipinski definition) is 6. The highest BCUT2D eigenvalue weighted by Gasteiger charge is 2.42. The average molecular weight is 413 g/mol. The summed E-state index contributed by atoms with van der Waals surface area (Å²) in [6.07, 6.45) is 0.546. The summed E-state index contributed by atoms with van der Waals surface area (Å²) < 4.78 is 29.8. The van der Waals surface area contributed by atoms with Gasteiger partial charge in [-0.15, -0.1) is 0 Å². The van der Waals surface area contributed by atoms with Crippen LogP contribution in [0.25, 0.3) is 11.0 Å². The summed E-state index contributed by atoms with van der Waals surface area (Å²) in [6, 6.07) is 7.48. The molecule has 3 aromatic rings. The van der Waals surface area contributed by atoms with Crippen LogP contribution in [0.5, 0.6) is 11.5 Å². The zero-order chi connectivity index (χ0) is 21.4. The van der Waals surface area contributed by atoms with Crippen LogP contribution < -0.4 is 10.2 Å². The molecule has 8 heteroatoms. The van der Waals surface area contributed by atoms with Crippen molar-refractivity contribution < 1.29 is 28.2 Å². The first-order valence-electron chi connectivity index (χ1n) is 9.39. The molecule has 4 rings (SSSR count). The number of aromatic hydroxyl groups is 1. The van der Waals surface area contributed by atoms with Gasteiger partial charge < -0.3 is 23.9 Å². The molecule has 156 valence electrons. The fourth-order valence-electron chi connectivity index (χ4n) is 3.81. The Morgan fingerprint density at radius 3 is 2.70 bits per heavy atom. The number of phenolic OH excluding ortho intramolecular Hbond substituents is 1. The average Bonchev–Trinajstić information content (AvgIpc) is 3.01. The Morgan fingerprint density at radius 1 is 1.17 bits per heavy atom. The van der Waals surface area contributed by atoms with E-state index in [1.807, 2.05) is 0 Å². The van der Waals surface area contributed by atoms with Crippen LogP contribution in [-0.2, 0) is 4.74 Å². The van der Waals surface area contributed by atoms with Crippen molar-refractivity contribution in [1.29, 1.82) is 0 Å². The lowest BCUT2D eigenvalue weighted by Gasteiger charge is -2.25. The lowest BCUT2D eigenvalue weighted by Crippen LogP contribution is -2.31. The zero-order valence-electron chi connectivity index (χ0n) is 16.5. The van der Waals surface area contributed by atoms with Crippen molar-refractivity contribution in [1.82, 2.24) is 4.90 Å². The summed E-state index contributed by atoms with van der Waals surface area (Å²) in [5, 5.41) is 10.0. The standard InChI is InChI=1S/C22H20FNO6/c1-28-9-3-8-24-19(12-4-6-15(25)17(10-12)29-2)18-20(26)14-11-13(23)5-7-16(14)30-21(18)22(24)27/h4-7,10-11,19,25H,3,8-9H2,1-2H3. The SMILES string of the molecule is COCCCN1C(=O)c2oc3ccc(F)cc3c(=O)c2C1c1ccc(O)c(OC)c1. The van der Waals surface area contributed by atoms with Gasteiger partial charge in [0.15, 0.2) is 16.9 Å². The highest BCUT2D eigenvalue weighted by atomic mass is 19.1. The van der Waals surface area contributed by atoms with E-state index >= 15 is 0 Å². The van der Waals surface area contributed by atoms with Gasteiger partial charge in [-0.05, 0) is 42.3 Å². The van der Waals surface area contributed by atoms with Crippen LogP contribution in [-0.4, -0.2) is 43.3 Å². The number of benzene rings is 2. The number of rotatable bonds is 6. The van der Waals surface area contributed by atoms with E-state index in [2.05, 4.69) is 0 Å². The number of carbonyl (C=O) groups excluding carboxylic acids is 1. The molecule has 30 heavy (non-hydrogen) atoms. The molecule has 1 amide bonds. The maximum atomic E-state index is 13.8. The van der Waals surface area contributed by atoms with Gasteiger partial charge in [0.25, 0.3) is 5.91 Å². The van der Waals surface area contributed by atoms with Gasteiger partial charge in [-0.2, -0.15) is 0 Å². The fraction of sp³-hybridized carbons (Fsp3) is 0.273. The number of fused-ring (bicyclic) bond motifs is 2. The van der Waals surface area contributed by atoms with E-state index in [-0.39, 0.29) is 33.8 Å². The highest BCUT2D eigenvalue weighted by molar-refractivity contribution is 5.99. The first-order chi connectivity index (χ1) is 14.5. The topological polar surface area (TPSA) is 89.2 Å². The normalized spacial score (nSPS) is 15.6. The molecule has 0 radical (unpaired) electrons. The molecule has 0 bridgehead atoms. The number of nitrogens with zero attached hydrogens (tertiary/aromatic N) is 1. The fourth-order valence-corrected chi connectivity index (χ4v) is 3.81. The molecule has 1 N–H and O–H groups in total. The van der Waals surface area contributed by atoms with Crippen LogP contribution in [0.15, 0.2) is 45.6 Å². The molecule has 0 spiro atoms. The number of hydrogen-bond donors (Lipinski definition) is 1. The van der Waals surface area contributed by atoms with Gasteiger partial charge in [0.2, 0.25) is 5.76 Å². The van der Waals surface area contributed by atoms with E-state index in [0.717, 1.165) is 6.07 Å². The zero-order valence-corrected chi connectivity index (χ0v) is 16.5. The lowest BCUT2D eigenvalue weighted by atomic mass is 9.98. The second-order valence-corrected chi connectivity index (χ2v) is 6.99. The number of ether oxygens (including phenoxy) is 2. The van der Waals surface area contributed by atoms with Crippen molar-refractivity contribution in [3.63, 3.8) is 0 Å². The van der Waals surface area contributed by atoms with Gasteiger partial charge in [-0.3, -0.25) is 9.59 Å². The molecule has 1 unspecified atom stereocenters. The van der Waals surface area contributed by atoms with Crippen LogP contribution in [0.3, 0.4) is 0 Å². The van der Waals surface area contributed by atoms with Crippen LogP contribution in [0.4, 0.5) is 4.39 Å². The monoisotopic (exact) mass is 413 g/mol. The van der Waals surface area contributed by atoms with Crippen LogP contribution in [0.1, 0.15) is 34.1 Å². The third kappa shape index (κ3) is 3.19. The van der Waals surface area contributed by atoms with Crippen molar-refractivity contribution in [2.24, 2.45) is 0 Å². The van der Waals surface area contributed by atoms with E-state index in [9.17, 15) is 19.1 Å². The van der Waals surface area contributed by atoms with E-state index < -0.39 is 23.2 Å². The van der Waals surface area contributed by atoms with Crippen LogP contribution in [0, 0.1) is 5.82 Å². The minimum Gasteiger partial charge on any atom is -0.504 e. The second kappa shape index (κ2) is 7.79. The summed E-state index contributed by atoms with van der Waals surface area (Å²) in [5.41, 5.74) is 0.389. The molecule has 0 saturated heterocycles. The molecule has 2 aromatic carbocycles. The summed E-state index contributed by atoms with van der Waals surface area (Å²) in [6.45, 7) is 0.745. The van der Waals surface area contributed by atoms with Crippen molar-refractivity contribution in [2.45, 2.75) is 12.5 Å². The molecular weight excluding hydrogens is 393 g/mol. The number of phenols is 1. The van der Waals surface area contributed by atoms with E-state index in [1.54, 1.807) is 19.2 Å². The molecule has 1 aliphatic heterocycles. The number of methoxy groups -OCH3 is 2. The predicted octanol–water partition coefficient (Wildman–Crippen LogP) is 3.23. The van der Waals surface area contributed by atoms with Crippen molar-refractivity contribution in [3.05, 3.63) is 69.3 Å². The first kappa shape index (κ1) is 19.9. The summed E-state index contributed by atoms with van der Waals surface area (Å²) >= 11 is 0. The Hall–Kier alpha value is -3.39. The van der Waals surface area contributed by atoms with Gasteiger partial charge in [0.05, 0.1) is 24.1 Å². The highest BCUT2D eigenvalue weighted by Crippen LogP contribution is 2.40. The minimum absolute atomic E-state index is 0.0615. The number of amides is 1. The Bertz CT molecular complexity index is 1190. The Labute approximate surface area is 171 Å². The van der Waals surface area contributed by atoms with Gasteiger partial charge in [-0.1, -0.05) is 6.07 Å². The predicted molar refractivity (Wildman–Crippen MR) is 106 cm³/mol. The molecule has 7 nitrogen and oxygen atoms in total. The van der Waals surface area contributed by atoms with Crippen molar-refractivity contribution >= 4 is 16.9 Å². The molecule has 0 saturated carbocycles. The Kier molecular flexibility index (Phi) is 5.17. The van der Waals surface area contributed by atoms with E-state index in [4.69, 9.17) is 13.9 Å². The van der Waals surface area contributed by atoms with Gasteiger partial charge >= 0.3 is 0 Å². The summed E-state index contributed by atoms with van der Waals surface area (Å²) in [4.78, 5) is 28.0. The molecular formula is C22H20FNO6. The number of halogens is 1. The maximum Gasteiger partial charge on any atom is 0.290 e. The second-order valence-electron chi connectivity index (χ2n) is 6.99. The maximum absolute atomic E-state index is 13.8. The minimum atomic E-state index is -0.761. The third-order valence-corrected chi connectivity index (χ3v) is 5.19. The Balaban J connectivity index is 1.93. The van der Waals surface area contributed by atoms with Crippen LogP contribution in [0.2, 0.25) is 0 Å². The van der Waals surface area contributed by atoms with Crippen molar-refractivity contribution in [3.8, 4) is 11.5 Å². The third-order valence-electron chi connectivity index (χ3n) is 5.19. The van der Waals surface area contributed by atoms with E-state index in [0.29, 0.717) is 25.1 Å². The number of carbonyl (C=O) groups is 1. The molecule has 2 heterocycles. The first-order valence-corrected chi connectivity index (χ1v) is 9.39. The summed E-state index contributed by atoms with van der Waals surface area (Å²) in [7, 11) is 2.98. The van der Waals surface area contributed by atoms with Gasteiger partial charge in [0.1, 0.15) is 11.4 Å². The quantitative estimate of drug-likeness (QED) is 0.624. The Morgan fingerprint density at radius 2 is 1.97 bits per heavy atom. The molecule has 0 fully saturated rings. The lowest BCUT2D eigenvalue weighted by molar-refractivity contribution is 0.0707.